The van der Waals surface area contributed by atoms with Gasteiger partial charge in [-0.1, -0.05) is 0 Å². The Hall–Kier alpha value is -3.45. The van der Waals surface area contributed by atoms with Crippen LogP contribution >= 0.6 is 0 Å². The number of aromatic nitrogens is 3. The van der Waals surface area contributed by atoms with Crippen molar-refractivity contribution in [2.45, 2.75) is 36.5 Å². The Kier molecular flexibility index (Phi) is 6.32. The molecule has 3 heterocycles. The van der Waals surface area contributed by atoms with Gasteiger partial charge in [-0.2, -0.15) is 17.5 Å². The van der Waals surface area contributed by atoms with E-state index in [9.17, 15) is 30.8 Å². The van der Waals surface area contributed by atoms with Gasteiger partial charge in [-0.05, 0) is 55.8 Å². The van der Waals surface area contributed by atoms with E-state index in [1.165, 1.54) is 25.4 Å². The van der Waals surface area contributed by atoms with Crippen LogP contribution in [0.4, 0.5) is 17.6 Å². The molecule has 0 aliphatic carbocycles. The standard InChI is InChI=1S/C22H19F4N5O3S/c1-21(8-9-31(21)35(33,34)17-5-3-15(23)4-6-17)20(32)28-12-16-10-18(30-13-29-16)14-2-7-19(27-11-14)22(24,25)26/h2-7,10-11,13H,8-9,12H2,1H3,(H,28,32). The molecule has 1 amide bonds. The lowest BCUT2D eigenvalue weighted by molar-refractivity contribution is -0.141. The number of amides is 1. The Labute approximate surface area is 198 Å². The summed E-state index contributed by atoms with van der Waals surface area (Å²) in [6, 6.07) is 7.90. The minimum atomic E-state index is -4.56. The third-order valence-electron chi connectivity index (χ3n) is 5.75. The van der Waals surface area contributed by atoms with E-state index in [4.69, 9.17) is 0 Å². The van der Waals surface area contributed by atoms with Crippen LogP contribution < -0.4 is 5.32 Å². The summed E-state index contributed by atoms with van der Waals surface area (Å²) in [4.78, 5) is 24.3. The van der Waals surface area contributed by atoms with Gasteiger partial charge in [0.25, 0.3) is 0 Å². The number of pyridine rings is 1. The number of halogens is 4. The van der Waals surface area contributed by atoms with Crippen molar-refractivity contribution in [3.8, 4) is 11.3 Å². The highest BCUT2D eigenvalue weighted by Crippen LogP contribution is 2.36. The number of alkyl halides is 3. The molecule has 1 unspecified atom stereocenters. The Balaban J connectivity index is 1.45. The average molecular weight is 509 g/mol. The molecule has 0 saturated carbocycles. The van der Waals surface area contributed by atoms with Gasteiger partial charge in [0.15, 0.2) is 0 Å². The number of carbonyl (C=O) groups excluding carboxylic acids is 1. The number of nitrogens with one attached hydrogen (secondary N) is 1. The van der Waals surface area contributed by atoms with Gasteiger partial charge in [0.2, 0.25) is 15.9 Å². The second-order valence-electron chi connectivity index (χ2n) is 8.06. The molecule has 1 saturated heterocycles. The first kappa shape index (κ1) is 24.7. The van der Waals surface area contributed by atoms with Gasteiger partial charge < -0.3 is 5.32 Å². The molecule has 0 bridgehead atoms. The molecule has 2 aromatic heterocycles. The number of nitrogens with zero attached hydrogens (tertiary/aromatic N) is 4. The minimum absolute atomic E-state index is 0.0670. The van der Waals surface area contributed by atoms with Crippen LogP contribution in [0.25, 0.3) is 11.3 Å². The number of hydrogen-bond acceptors (Lipinski definition) is 6. The SMILES string of the molecule is CC1(C(=O)NCc2cc(-c3ccc(C(F)(F)F)nc3)ncn2)CCN1S(=O)(=O)c1ccc(F)cc1. The molecule has 0 spiro atoms. The summed E-state index contributed by atoms with van der Waals surface area (Å²) in [5, 5.41) is 2.65. The van der Waals surface area contributed by atoms with Gasteiger partial charge in [0, 0.05) is 18.3 Å². The van der Waals surface area contributed by atoms with E-state index in [-0.39, 0.29) is 24.4 Å². The fourth-order valence-electron chi connectivity index (χ4n) is 3.61. The van der Waals surface area contributed by atoms with Crippen molar-refractivity contribution in [1.82, 2.24) is 24.6 Å². The molecule has 0 radical (unpaired) electrons. The van der Waals surface area contributed by atoms with Crippen LogP contribution in [0.1, 0.15) is 24.7 Å². The minimum Gasteiger partial charge on any atom is -0.349 e. The van der Waals surface area contributed by atoms with Crippen LogP contribution in [0.2, 0.25) is 0 Å². The first-order chi connectivity index (χ1) is 16.4. The molecular weight excluding hydrogens is 490 g/mol. The van der Waals surface area contributed by atoms with Gasteiger partial charge in [0.1, 0.15) is 23.4 Å². The van der Waals surface area contributed by atoms with Crippen LogP contribution in [0.5, 0.6) is 0 Å². The molecule has 13 heteroatoms. The summed E-state index contributed by atoms with van der Waals surface area (Å²) in [6.45, 7) is 1.55. The average Bonchev–Trinajstić information content (AvgIpc) is 2.81. The number of sulfonamides is 1. The lowest BCUT2D eigenvalue weighted by Crippen LogP contribution is -2.67. The van der Waals surface area contributed by atoms with Crippen molar-refractivity contribution in [3.63, 3.8) is 0 Å². The first-order valence-corrected chi connectivity index (χ1v) is 11.8. The molecule has 1 aliphatic heterocycles. The zero-order valence-corrected chi connectivity index (χ0v) is 19.1. The van der Waals surface area contributed by atoms with Crippen molar-refractivity contribution in [3.05, 3.63) is 72.2 Å². The highest BCUT2D eigenvalue weighted by molar-refractivity contribution is 7.89. The Morgan fingerprint density at radius 3 is 2.40 bits per heavy atom. The predicted molar refractivity (Wildman–Crippen MR) is 115 cm³/mol. The predicted octanol–water partition coefficient (Wildman–Crippen LogP) is 3.17. The molecule has 8 nitrogen and oxygen atoms in total. The Morgan fingerprint density at radius 2 is 1.83 bits per heavy atom. The topological polar surface area (TPSA) is 105 Å². The Bertz CT molecular complexity index is 1350. The van der Waals surface area contributed by atoms with E-state index in [2.05, 4.69) is 20.3 Å². The van der Waals surface area contributed by atoms with Crippen LogP contribution in [0, 0.1) is 5.82 Å². The molecule has 35 heavy (non-hydrogen) atoms. The van der Waals surface area contributed by atoms with E-state index in [0.29, 0.717) is 17.0 Å². The van der Waals surface area contributed by atoms with Crippen molar-refractivity contribution < 1.29 is 30.8 Å². The van der Waals surface area contributed by atoms with Gasteiger partial charge in [-0.15, -0.1) is 0 Å². The molecule has 1 atom stereocenters. The lowest BCUT2D eigenvalue weighted by atomic mass is 9.89. The maximum atomic E-state index is 13.2. The molecule has 4 rings (SSSR count). The Morgan fingerprint density at radius 1 is 1.11 bits per heavy atom. The van der Waals surface area contributed by atoms with Crippen molar-refractivity contribution in [2.75, 3.05) is 6.54 Å². The smallest absolute Gasteiger partial charge is 0.349 e. The van der Waals surface area contributed by atoms with Crippen LogP contribution in [0.3, 0.4) is 0 Å². The number of hydrogen-bond donors (Lipinski definition) is 1. The van der Waals surface area contributed by atoms with E-state index in [0.717, 1.165) is 40.8 Å². The molecule has 1 N–H and O–H groups in total. The number of carbonyl (C=O) groups is 1. The fraction of sp³-hybridized carbons (Fsp3) is 0.273. The maximum Gasteiger partial charge on any atom is 0.433 e. The monoisotopic (exact) mass is 509 g/mol. The highest BCUT2D eigenvalue weighted by Gasteiger charge is 2.53. The number of benzene rings is 1. The zero-order chi connectivity index (χ0) is 25.4. The second kappa shape index (κ2) is 8.96. The second-order valence-corrected chi connectivity index (χ2v) is 9.92. The van der Waals surface area contributed by atoms with Crippen LogP contribution in [-0.4, -0.2) is 45.7 Å². The van der Waals surface area contributed by atoms with Gasteiger partial charge in [-0.25, -0.2) is 22.8 Å². The molecule has 3 aromatic rings. The molecule has 1 fully saturated rings. The van der Waals surface area contributed by atoms with E-state index >= 15 is 0 Å². The maximum absolute atomic E-state index is 13.2. The van der Waals surface area contributed by atoms with Crippen LogP contribution in [0.15, 0.2) is 59.9 Å². The molecule has 1 aromatic carbocycles. The third kappa shape index (κ3) is 4.86. The summed E-state index contributed by atoms with van der Waals surface area (Å²) < 4.78 is 78.3. The van der Waals surface area contributed by atoms with Crippen molar-refractivity contribution in [1.29, 1.82) is 0 Å². The molecule has 1 aliphatic rings. The summed E-state index contributed by atoms with van der Waals surface area (Å²) in [7, 11) is -4.02. The number of rotatable bonds is 6. The summed E-state index contributed by atoms with van der Waals surface area (Å²) in [6.07, 6.45) is -2.03. The third-order valence-corrected chi connectivity index (χ3v) is 7.78. The summed E-state index contributed by atoms with van der Waals surface area (Å²) >= 11 is 0. The van der Waals surface area contributed by atoms with Gasteiger partial charge in [-0.3, -0.25) is 9.78 Å². The van der Waals surface area contributed by atoms with Gasteiger partial charge >= 0.3 is 6.18 Å². The largest absolute Gasteiger partial charge is 0.433 e. The van der Waals surface area contributed by atoms with E-state index in [1.807, 2.05) is 0 Å². The van der Waals surface area contributed by atoms with Gasteiger partial charge in [0.05, 0.1) is 22.8 Å². The molecular formula is C22H19F4N5O3S. The van der Waals surface area contributed by atoms with Crippen LogP contribution in [-0.2, 0) is 27.5 Å². The van der Waals surface area contributed by atoms with E-state index in [1.54, 1.807) is 0 Å². The summed E-state index contributed by atoms with van der Waals surface area (Å²) in [5.74, 6) is -1.13. The van der Waals surface area contributed by atoms with Crippen molar-refractivity contribution in [2.24, 2.45) is 0 Å². The first-order valence-electron chi connectivity index (χ1n) is 10.3. The van der Waals surface area contributed by atoms with E-state index < -0.39 is 39.2 Å². The normalized spacial score (nSPS) is 18.7. The molecule has 184 valence electrons. The fourth-order valence-corrected chi connectivity index (χ4v) is 5.38. The highest BCUT2D eigenvalue weighted by atomic mass is 32.2. The quantitative estimate of drug-likeness (QED) is 0.512. The lowest BCUT2D eigenvalue weighted by Gasteiger charge is -2.47. The van der Waals surface area contributed by atoms with Crippen molar-refractivity contribution >= 4 is 15.9 Å². The zero-order valence-electron chi connectivity index (χ0n) is 18.3. The summed E-state index contributed by atoms with van der Waals surface area (Å²) in [5.41, 5.74) is -1.38.